The van der Waals surface area contributed by atoms with Crippen molar-refractivity contribution < 1.29 is 8.42 Å². The van der Waals surface area contributed by atoms with E-state index in [1.807, 2.05) is 0 Å². The van der Waals surface area contributed by atoms with Gasteiger partial charge in [0.2, 0.25) is 0 Å². The Morgan fingerprint density at radius 3 is 2.75 bits per heavy atom. The van der Waals surface area contributed by atoms with Crippen LogP contribution in [0.15, 0.2) is 37.5 Å². The molecule has 1 aliphatic rings. The van der Waals surface area contributed by atoms with Crippen molar-refractivity contribution >= 4 is 76.4 Å². The molecule has 20 heavy (non-hydrogen) atoms. The van der Waals surface area contributed by atoms with E-state index in [-0.39, 0.29) is 15.3 Å². The van der Waals surface area contributed by atoms with E-state index in [1.54, 1.807) is 6.08 Å². The average Bonchev–Trinajstić information content (AvgIpc) is 2.35. The molecule has 1 aromatic heterocycles. The lowest BCUT2D eigenvalue weighted by atomic mass is 10.2. The van der Waals surface area contributed by atoms with Crippen LogP contribution in [0, 0.1) is 0 Å². The first-order valence-electron chi connectivity index (χ1n) is 5.11. The lowest BCUT2D eigenvalue weighted by molar-refractivity contribution is 0.608. The second-order valence-corrected chi connectivity index (χ2v) is 7.81. The SMILES string of the molecule is O=S(=O)(Nc1ncc(Br)nc1Br)C1=CC(Cl)=CCC1=S. The highest BCUT2D eigenvalue weighted by atomic mass is 79.9. The van der Waals surface area contributed by atoms with Gasteiger partial charge in [0.15, 0.2) is 10.4 Å². The number of rotatable bonds is 3. The number of anilines is 1. The fourth-order valence-corrected chi connectivity index (χ4v) is 4.32. The first-order chi connectivity index (χ1) is 9.29. The number of halogens is 3. The summed E-state index contributed by atoms with van der Waals surface area (Å²) in [6, 6.07) is 0. The maximum Gasteiger partial charge on any atom is 0.264 e. The van der Waals surface area contributed by atoms with Crippen LogP contribution < -0.4 is 4.72 Å². The molecule has 0 aromatic carbocycles. The average molecular weight is 460 g/mol. The highest BCUT2D eigenvalue weighted by molar-refractivity contribution is 9.11. The zero-order chi connectivity index (χ0) is 14.9. The van der Waals surface area contributed by atoms with Gasteiger partial charge in [0, 0.05) is 16.3 Å². The molecule has 5 nitrogen and oxygen atoms in total. The zero-order valence-corrected chi connectivity index (χ0v) is 15.2. The van der Waals surface area contributed by atoms with Crippen molar-refractivity contribution in [3.05, 3.63) is 37.5 Å². The van der Waals surface area contributed by atoms with Gasteiger partial charge in [0.1, 0.15) is 9.51 Å². The molecule has 0 bridgehead atoms. The highest BCUT2D eigenvalue weighted by Crippen LogP contribution is 2.26. The summed E-state index contributed by atoms with van der Waals surface area (Å²) in [4.78, 5) is 8.19. The van der Waals surface area contributed by atoms with Gasteiger partial charge < -0.3 is 0 Å². The van der Waals surface area contributed by atoms with Gasteiger partial charge in [-0.1, -0.05) is 29.9 Å². The van der Waals surface area contributed by atoms with Crippen LogP contribution in [0.5, 0.6) is 0 Å². The lowest BCUT2D eigenvalue weighted by Gasteiger charge is -2.14. The van der Waals surface area contributed by atoms with E-state index in [0.717, 1.165) is 0 Å². The smallest absolute Gasteiger partial charge is 0.261 e. The van der Waals surface area contributed by atoms with Crippen molar-refractivity contribution in [1.29, 1.82) is 0 Å². The first-order valence-corrected chi connectivity index (χ1v) is 8.96. The van der Waals surface area contributed by atoms with Crippen LogP contribution >= 0.6 is 55.7 Å². The monoisotopic (exact) mass is 457 g/mol. The van der Waals surface area contributed by atoms with Gasteiger partial charge in [-0.05, 0) is 37.9 Å². The summed E-state index contributed by atoms with van der Waals surface area (Å²) in [6.45, 7) is 0. The predicted molar refractivity (Wildman–Crippen MR) is 89.2 cm³/mol. The Labute approximate surface area is 142 Å². The Morgan fingerprint density at radius 2 is 2.10 bits per heavy atom. The predicted octanol–water partition coefficient (Wildman–Crippen LogP) is 3.52. The van der Waals surface area contributed by atoms with Crippen LogP contribution in [0.2, 0.25) is 0 Å². The molecular weight excluding hydrogens is 454 g/mol. The molecule has 0 fully saturated rings. The Morgan fingerprint density at radius 1 is 1.40 bits per heavy atom. The molecule has 0 spiro atoms. The van der Waals surface area contributed by atoms with Crippen molar-refractivity contribution in [2.75, 3.05) is 4.72 Å². The second-order valence-electron chi connectivity index (χ2n) is 3.66. The number of sulfonamides is 1. The third-order valence-corrected chi connectivity index (χ3v) is 5.37. The van der Waals surface area contributed by atoms with Crippen LogP contribution in [0.25, 0.3) is 0 Å². The summed E-state index contributed by atoms with van der Waals surface area (Å²) < 4.78 is 27.7. The summed E-state index contributed by atoms with van der Waals surface area (Å²) in [5.41, 5.74) is 0. The standard InChI is InChI=1S/C10H6Br2ClN3O2S2/c11-8-4-14-10(9(12)15-8)16-20(17,18)7-3-5(13)1-2-6(7)19/h1,3-4H,2H2,(H,14,16). The Hall–Kier alpha value is -0.350. The van der Waals surface area contributed by atoms with E-state index in [2.05, 4.69) is 46.5 Å². The van der Waals surface area contributed by atoms with Crippen LogP contribution in [0.1, 0.15) is 6.42 Å². The van der Waals surface area contributed by atoms with Crippen molar-refractivity contribution in [3.8, 4) is 0 Å². The molecule has 0 amide bonds. The van der Waals surface area contributed by atoms with Crippen LogP contribution in [0.4, 0.5) is 5.82 Å². The van der Waals surface area contributed by atoms with Crippen molar-refractivity contribution in [2.45, 2.75) is 6.42 Å². The number of thiocarbonyl (C=S) groups is 1. The van der Waals surface area contributed by atoms with Gasteiger partial charge in [0.05, 0.1) is 6.20 Å². The maximum absolute atomic E-state index is 12.3. The Bertz CT molecular complexity index is 747. The summed E-state index contributed by atoms with van der Waals surface area (Å²) in [6.07, 6.45) is 4.66. The Balaban J connectivity index is 2.37. The molecule has 0 radical (unpaired) electrons. The minimum atomic E-state index is -3.86. The number of aromatic nitrogens is 2. The Kier molecular flexibility index (Phi) is 4.96. The topological polar surface area (TPSA) is 72.0 Å². The fraction of sp³-hybridized carbons (Fsp3) is 0.100. The fourth-order valence-electron chi connectivity index (χ4n) is 1.38. The third-order valence-electron chi connectivity index (χ3n) is 2.25. The molecule has 0 unspecified atom stereocenters. The molecule has 1 aliphatic carbocycles. The van der Waals surface area contributed by atoms with Gasteiger partial charge in [-0.3, -0.25) is 4.72 Å². The van der Waals surface area contributed by atoms with E-state index < -0.39 is 10.0 Å². The van der Waals surface area contributed by atoms with Gasteiger partial charge in [0.25, 0.3) is 10.0 Å². The van der Waals surface area contributed by atoms with Gasteiger partial charge in [-0.2, -0.15) is 0 Å². The molecule has 0 aliphatic heterocycles. The van der Waals surface area contributed by atoms with Crippen molar-refractivity contribution in [3.63, 3.8) is 0 Å². The van der Waals surface area contributed by atoms with Crippen LogP contribution in [0.3, 0.4) is 0 Å². The van der Waals surface area contributed by atoms with Crippen molar-refractivity contribution in [2.24, 2.45) is 0 Å². The number of nitrogens with zero attached hydrogens (tertiary/aromatic N) is 2. The number of nitrogens with one attached hydrogen (secondary N) is 1. The van der Waals surface area contributed by atoms with E-state index in [9.17, 15) is 8.42 Å². The molecule has 10 heteroatoms. The number of allylic oxidation sites excluding steroid dienone is 4. The normalized spacial score (nSPS) is 15.7. The minimum absolute atomic E-state index is 0.0309. The van der Waals surface area contributed by atoms with Gasteiger partial charge >= 0.3 is 0 Å². The van der Waals surface area contributed by atoms with Crippen molar-refractivity contribution in [1.82, 2.24) is 9.97 Å². The van der Waals surface area contributed by atoms with Gasteiger partial charge in [-0.25, -0.2) is 18.4 Å². The summed E-state index contributed by atoms with van der Waals surface area (Å²) in [5, 5.41) is 0.333. The molecule has 1 heterocycles. The summed E-state index contributed by atoms with van der Waals surface area (Å²) in [5.74, 6) is 0.0718. The highest BCUT2D eigenvalue weighted by Gasteiger charge is 2.25. The first kappa shape index (κ1) is 16.0. The molecule has 106 valence electrons. The molecule has 0 saturated carbocycles. The third kappa shape index (κ3) is 3.64. The molecule has 0 atom stereocenters. The van der Waals surface area contributed by atoms with E-state index in [0.29, 0.717) is 20.9 Å². The van der Waals surface area contributed by atoms with Gasteiger partial charge in [-0.15, -0.1) is 0 Å². The summed E-state index contributed by atoms with van der Waals surface area (Å²) in [7, 11) is -3.86. The van der Waals surface area contributed by atoms with Crippen LogP contribution in [-0.2, 0) is 10.0 Å². The van der Waals surface area contributed by atoms with E-state index in [1.165, 1.54) is 12.3 Å². The molecule has 1 N–H and O–H groups in total. The number of hydrogen-bond acceptors (Lipinski definition) is 5. The minimum Gasteiger partial charge on any atom is -0.261 e. The molecular formula is C10H6Br2ClN3O2S2. The maximum atomic E-state index is 12.3. The second kappa shape index (κ2) is 6.18. The molecule has 1 aromatic rings. The quantitative estimate of drug-likeness (QED) is 0.701. The molecule has 2 rings (SSSR count). The zero-order valence-electron chi connectivity index (χ0n) is 9.60. The van der Waals surface area contributed by atoms with Crippen LogP contribution in [-0.4, -0.2) is 23.3 Å². The van der Waals surface area contributed by atoms with E-state index >= 15 is 0 Å². The summed E-state index contributed by atoms with van der Waals surface area (Å²) >= 11 is 17.1. The lowest BCUT2D eigenvalue weighted by Crippen LogP contribution is -2.22. The number of hydrogen-bond donors (Lipinski definition) is 1. The van der Waals surface area contributed by atoms with E-state index in [4.69, 9.17) is 23.8 Å². The largest absolute Gasteiger partial charge is 0.264 e. The molecule has 0 saturated heterocycles.